The van der Waals surface area contributed by atoms with Gasteiger partial charge in [0.25, 0.3) is 0 Å². The Morgan fingerprint density at radius 1 is 0.744 bits per heavy atom. The lowest BCUT2D eigenvalue weighted by atomic mass is 9.74. The molecule has 0 spiro atoms. The molecule has 3 heterocycles. The van der Waals surface area contributed by atoms with Crippen LogP contribution in [0.3, 0.4) is 0 Å². The van der Waals surface area contributed by atoms with Crippen molar-refractivity contribution in [1.82, 2.24) is 9.97 Å². The van der Waals surface area contributed by atoms with E-state index in [0.717, 1.165) is 46.9 Å². The smallest absolute Gasteiger partial charge is 0.0708 e. The van der Waals surface area contributed by atoms with Gasteiger partial charge in [0.05, 0.1) is 17.1 Å². The Hall–Kier alpha value is -4.89. The predicted octanol–water partition coefficient (Wildman–Crippen LogP) is 9.28. The molecule has 0 radical (unpaired) electrons. The van der Waals surface area contributed by atoms with Crippen molar-refractivity contribution < 1.29 is 0 Å². The van der Waals surface area contributed by atoms with Crippen LogP contribution in [0.25, 0.3) is 16.8 Å². The van der Waals surface area contributed by atoms with E-state index < -0.39 is 0 Å². The Morgan fingerprint density at radius 3 is 2.28 bits per heavy atom. The molecule has 2 aliphatic carbocycles. The number of hydrogen-bond donors (Lipinski definition) is 0. The molecule has 3 heteroatoms. The average molecular weight is 558 g/mol. The van der Waals surface area contributed by atoms with Gasteiger partial charge in [0.1, 0.15) is 0 Å². The zero-order valence-corrected chi connectivity index (χ0v) is 24.4. The van der Waals surface area contributed by atoms with Crippen LogP contribution in [0.1, 0.15) is 53.6 Å². The molecule has 2 aromatic heterocycles. The number of benzene rings is 2. The highest BCUT2D eigenvalue weighted by atomic mass is 14.8. The van der Waals surface area contributed by atoms with E-state index in [9.17, 15) is 0 Å². The molecule has 0 saturated carbocycles. The lowest BCUT2D eigenvalue weighted by molar-refractivity contribution is 0.616. The molecule has 0 bridgehead atoms. The minimum Gasteiger partial charge on any atom is -0.284 e. The van der Waals surface area contributed by atoms with E-state index in [-0.39, 0.29) is 17.8 Å². The third-order valence-corrected chi connectivity index (χ3v) is 8.81. The first-order chi connectivity index (χ1) is 21.2. The van der Waals surface area contributed by atoms with Crippen LogP contribution in [0.2, 0.25) is 0 Å². The monoisotopic (exact) mass is 557 g/mol. The van der Waals surface area contributed by atoms with Crippen LogP contribution in [0.5, 0.6) is 0 Å². The van der Waals surface area contributed by atoms with Crippen molar-refractivity contribution in [1.29, 1.82) is 0 Å². The van der Waals surface area contributed by atoms with E-state index in [1.165, 1.54) is 16.7 Å². The van der Waals surface area contributed by atoms with Crippen molar-refractivity contribution in [2.75, 3.05) is 6.54 Å². The van der Waals surface area contributed by atoms with Gasteiger partial charge in [-0.15, -0.1) is 0 Å². The first-order valence-corrected chi connectivity index (χ1v) is 15.3. The fourth-order valence-corrected chi connectivity index (χ4v) is 6.40. The second-order valence-electron chi connectivity index (χ2n) is 11.6. The van der Waals surface area contributed by atoms with Gasteiger partial charge in [-0.2, -0.15) is 0 Å². The lowest BCUT2D eigenvalue weighted by Gasteiger charge is -2.31. The van der Waals surface area contributed by atoms with E-state index in [2.05, 4.69) is 140 Å². The minimum atomic E-state index is 0.146. The maximum atomic E-state index is 5.20. The SMILES string of the molecule is CC1C(C2=NCC(c3ccccc3)C=C2)=CC(c2ccccn2)=CC1c1cc(-c2ccccc2)nc(C2C=CC=CC2)c1. The number of hydrogen-bond acceptors (Lipinski definition) is 3. The Bertz CT molecular complexity index is 1780. The molecule has 1 aliphatic heterocycles. The zero-order chi connectivity index (χ0) is 29.0. The van der Waals surface area contributed by atoms with Gasteiger partial charge in [-0.3, -0.25) is 15.0 Å². The van der Waals surface area contributed by atoms with Crippen molar-refractivity contribution in [2.24, 2.45) is 10.9 Å². The summed E-state index contributed by atoms with van der Waals surface area (Å²) in [6.07, 6.45) is 20.9. The van der Waals surface area contributed by atoms with Crippen LogP contribution in [-0.2, 0) is 0 Å². The second-order valence-corrected chi connectivity index (χ2v) is 11.6. The van der Waals surface area contributed by atoms with Gasteiger partial charge < -0.3 is 0 Å². The van der Waals surface area contributed by atoms with Crippen LogP contribution in [0.4, 0.5) is 0 Å². The number of nitrogens with zero attached hydrogens (tertiary/aromatic N) is 3. The van der Waals surface area contributed by atoms with Gasteiger partial charge in [-0.25, -0.2) is 0 Å². The summed E-state index contributed by atoms with van der Waals surface area (Å²) in [6, 6.07) is 32.0. The molecule has 7 rings (SSSR count). The van der Waals surface area contributed by atoms with E-state index >= 15 is 0 Å². The number of aliphatic imine (C=N–C) groups is 1. The summed E-state index contributed by atoms with van der Waals surface area (Å²) < 4.78 is 0. The molecule has 4 unspecified atom stereocenters. The Kier molecular flexibility index (Phi) is 7.62. The number of allylic oxidation sites excluding steroid dienone is 9. The molecule has 0 saturated heterocycles. The summed E-state index contributed by atoms with van der Waals surface area (Å²) in [6.45, 7) is 3.10. The van der Waals surface area contributed by atoms with Gasteiger partial charge in [0.15, 0.2) is 0 Å². The van der Waals surface area contributed by atoms with Crippen molar-refractivity contribution >= 4 is 11.3 Å². The van der Waals surface area contributed by atoms with Gasteiger partial charge in [-0.05, 0) is 71.0 Å². The van der Waals surface area contributed by atoms with Crippen molar-refractivity contribution in [3.05, 3.63) is 174 Å². The summed E-state index contributed by atoms with van der Waals surface area (Å²) in [5.41, 5.74) is 10.3. The van der Waals surface area contributed by atoms with Crippen LogP contribution in [-0.4, -0.2) is 22.2 Å². The van der Waals surface area contributed by atoms with Gasteiger partial charge >= 0.3 is 0 Å². The quantitative estimate of drug-likeness (QED) is 0.237. The summed E-state index contributed by atoms with van der Waals surface area (Å²) in [5, 5.41) is 0. The fraction of sp³-hybridized carbons (Fsp3) is 0.175. The van der Waals surface area contributed by atoms with Crippen LogP contribution in [0.15, 0.2) is 156 Å². The molecular weight excluding hydrogens is 522 g/mol. The standard InChI is InChI=1S/C40H35N3/c1-28-35(33-25-39(30-15-7-3-8-16-30)43-40(26-33)31-17-9-4-10-18-31)23-34(37-19-11-12-22-41-37)24-36(28)38-21-20-32(27-42-38)29-13-5-2-6-14-29/h2-17,19-26,28,31-32,35H,18,27H2,1H3. The first-order valence-electron chi connectivity index (χ1n) is 15.3. The largest absolute Gasteiger partial charge is 0.284 e. The molecule has 0 amide bonds. The van der Waals surface area contributed by atoms with E-state index in [1.807, 2.05) is 12.3 Å². The lowest BCUT2D eigenvalue weighted by Crippen LogP contribution is -2.22. The summed E-state index contributed by atoms with van der Waals surface area (Å²) in [7, 11) is 0. The molecule has 210 valence electrons. The molecule has 43 heavy (non-hydrogen) atoms. The second kappa shape index (κ2) is 12.1. The Morgan fingerprint density at radius 2 is 1.56 bits per heavy atom. The summed E-state index contributed by atoms with van der Waals surface area (Å²) >= 11 is 0. The van der Waals surface area contributed by atoms with Crippen LogP contribution >= 0.6 is 0 Å². The van der Waals surface area contributed by atoms with Crippen molar-refractivity contribution in [2.45, 2.75) is 31.1 Å². The maximum absolute atomic E-state index is 5.20. The molecule has 2 aromatic carbocycles. The first kappa shape index (κ1) is 27.0. The topological polar surface area (TPSA) is 38.1 Å². The van der Waals surface area contributed by atoms with E-state index in [4.69, 9.17) is 15.0 Å². The number of dihydropyridines is 1. The molecule has 4 atom stereocenters. The van der Waals surface area contributed by atoms with E-state index in [0.29, 0.717) is 5.92 Å². The molecule has 0 N–H and O–H groups in total. The average Bonchev–Trinajstić information content (AvgIpc) is 3.10. The maximum Gasteiger partial charge on any atom is 0.0708 e. The highest BCUT2D eigenvalue weighted by Gasteiger charge is 2.30. The Balaban J connectivity index is 1.30. The van der Waals surface area contributed by atoms with Crippen molar-refractivity contribution in [3.8, 4) is 11.3 Å². The molecule has 4 aromatic rings. The summed E-state index contributed by atoms with van der Waals surface area (Å²) in [5.74, 6) is 0.943. The fourth-order valence-electron chi connectivity index (χ4n) is 6.40. The van der Waals surface area contributed by atoms with Crippen molar-refractivity contribution in [3.63, 3.8) is 0 Å². The zero-order valence-electron chi connectivity index (χ0n) is 24.4. The van der Waals surface area contributed by atoms with Gasteiger partial charge in [0.2, 0.25) is 0 Å². The normalized spacial score (nSPS) is 23.0. The summed E-state index contributed by atoms with van der Waals surface area (Å²) in [4.78, 5) is 15.1. The molecule has 3 nitrogen and oxygen atoms in total. The van der Waals surface area contributed by atoms with E-state index in [1.54, 1.807) is 0 Å². The van der Waals surface area contributed by atoms with Crippen LogP contribution in [0, 0.1) is 5.92 Å². The third kappa shape index (κ3) is 5.76. The van der Waals surface area contributed by atoms with Gasteiger partial charge in [-0.1, -0.05) is 110 Å². The third-order valence-electron chi connectivity index (χ3n) is 8.81. The predicted molar refractivity (Wildman–Crippen MR) is 178 cm³/mol. The minimum absolute atomic E-state index is 0.146. The highest BCUT2D eigenvalue weighted by molar-refractivity contribution is 6.11. The highest BCUT2D eigenvalue weighted by Crippen LogP contribution is 2.42. The molecule has 0 fully saturated rings. The number of aromatic nitrogens is 2. The number of rotatable bonds is 6. The van der Waals surface area contributed by atoms with Crippen LogP contribution < -0.4 is 0 Å². The Labute approximate surface area is 254 Å². The molecular formula is C40H35N3. The number of pyridine rings is 2. The van der Waals surface area contributed by atoms with Gasteiger partial charge in [0, 0.05) is 41.8 Å². The molecule has 3 aliphatic rings.